The van der Waals surface area contributed by atoms with Gasteiger partial charge in [0.2, 0.25) is 0 Å². The summed E-state index contributed by atoms with van der Waals surface area (Å²) >= 11 is 0. The van der Waals surface area contributed by atoms with Gasteiger partial charge in [-0.2, -0.15) is 0 Å². The molecule has 0 spiro atoms. The molecule has 0 N–H and O–H groups in total. The first-order valence-electron chi connectivity index (χ1n) is 14.2. The summed E-state index contributed by atoms with van der Waals surface area (Å²) in [6.45, 7) is 0. The smallest absolute Gasteiger partial charge is 0.171 e. The Bertz CT molecular complexity index is 2280. The molecule has 8 aromatic rings. The number of hydrogen-bond acceptors (Lipinski definition) is 2. The molecule has 1 aromatic heterocycles. The van der Waals surface area contributed by atoms with Crippen molar-refractivity contribution in [2.24, 2.45) is 0 Å². The van der Waals surface area contributed by atoms with Crippen LogP contribution in [-0.2, 0) is 4.57 Å². The van der Waals surface area contributed by atoms with Gasteiger partial charge in [-0.25, -0.2) is 4.98 Å². The van der Waals surface area contributed by atoms with Crippen LogP contribution >= 0.6 is 7.14 Å². The van der Waals surface area contributed by atoms with Gasteiger partial charge < -0.3 is 4.57 Å². The van der Waals surface area contributed by atoms with Crippen LogP contribution in [0.2, 0.25) is 0 Å². The Morgan fingerprint density at radius 1 is 0.405 bits per heavy atom. The van der Waals surface area contributed by atoms with Crippen molar-refractivity contribution in [3.05, 3.63) is 158 Å². The van der Waals surface area contributed by atoms with Crippen LogP contribution in [0.4, 0.5) is 0 Å². The number of pyridine rings is 1. The molecule has 0 radical (unpaired) electrons. The Morgan fingerprint density at radius 2 is 0.881 bits per heavy atom. The first-order chi connectivity index (χ1) is 20.7. The van der Waals surface area contributed by atoms with Gasteiger partial charge in [0.25, 0.3) is 0 Å². The van der Waals surface area contributed by atoms with Gasteiger partial charge in [-0.3, -0.25) is 0 Å². The lowest BCUT2D eigenvalue weighted by atomic mass is 9.90. The van der Waals surface area contributed by atoms with Gasteiger partial charge in [0, 0.05) is 37.6 Å². The zero-order chi connectivity index (χ0) is 28.1. The van der Waals surface area contributed by atoms with Crippen LogP contribution in [0.15, 0.2) is 158 Å². The fraction of sp³-hybridized carbons (Fsp3) is 0. The van der Waals surface area contributed by atoms with Gasteiger partial charge >= 0.3 is 0 Å². The van der Waals surface area contributed by atoms with E-state index in [1.165, 1.54) is 26.9 Å². The molecule has 1 heterocycles. The predicted octanol–water partition coefficient (Wildman–Crippen LogP) is 9.00. The van der Waals surface area contributed by atoms with E-state index in [-0.39, 0.29) is 0 Å². The third-order valence-electron chi connectivity index (χ3n) is 8.30. The molecular weight excluding hydrogens is 529 g/mol. The highest BCUT2D eigenvalue weighted by Crippen LogP contribution is 2.45. The molecule has 7 aromatic carbocycles. The number of rotatable bonds is 4. The first-order valence-corrected chi connectivity index (χ1v) is 15.9. The minimum atomic E-state index is -3.15. The van der Waals surface area contributed by atoms with Gasteiger partial charge in [-0.05, 0) is 33.7 Å². The SMILES string of the molecule is O=P(c1ccccc1)(c1ccccc1)c1cccc(-c2nc3ccccc3c3c4ccccc4c4ccccc4c23)c1. The van der Waals surface area contributed by atoms with Gasteiger partial charge in [-0.1, -0.05) is 146 Å². The molecule has 0 saturated heterocycles. The number of para-hydroxylation sites is 1. The average Bonchev–Trinajstić information content (AvgIpc) is 3.08. The van der Waals surface area contributed by atoms with Crippen LogP contribution in [0.3, 0.4) is 0 Å². The van der Waals surface area contributed by atoms with Crippen molar-refractivity contribution in [2.75, 3.05) is 0 Å². The summed E-state index contributed by atoms with van der Waals surface area (Å²) in [4.78, 5) is 5.31. The standard InChI is InChI=1S/C39H26NOP/c41-42(28-15-3-1-4-16-28,29-17-5-2-6-18-29)30-19-13-14-27(26-30)39-38-34-23-10-8-21-32(34)31-20-7-9-22-33(31)37(38)35-24-11-12-25-36(35)40-39/h1-26H. The van der Waals surface area contributed by atoms with Crippen molar-refractivity contribution >= 4 is 66.3 Å². The van der Waals surface area contributed by atoms with E-state index < -0.39 is 7.14 Å². The lowest BCUT2D eigenvalue weighted by molar-refractivity contribution is 0.592. The number of fused-ring (bicyclic) bond motifs is 8. The van der Waals surface area contributed by atoms with Gasteiger partial charge in [0.05, 0.1) is 11.2 Å². The van der Waals surface area contributed by atoms with Crippen molar-refractivity contribution < 1.29 is 4.57 Å². The maximum absolute atomic E-state index is 15.2. The first kappa shape index (κ1) is 24.7. The minimum Gasteiger partial charge on any atom is -0.309 e. The van der Waals surface area contributed by atoms with Crippen LogP contribution in [0.5, 0.6) is 0 Å². The second-order valence-electron chi connectivity index (χ2n) is 10.6. The third-order valence-corrected chi connectivity index (χ3v) is 11.4. The van der Waals surface area contributed by atoms with E-state index in [0.29, 0.717) is 0 Å². The highest BCUT2D eigenvalue weighted by Gasteiger charge is 2.30. The highest BCUT2D eigenvalue weighted by molar-refractivity contribution is 7.85. The molecule has 8 rings (SSSR count). The summed E-state index contributed by atoms with van der Waals surface area (Å²) in [5.41, 5.74) is 2.80. The molecular formula is C39H26NOP. The predicted molar refractivity (Wildman–Crippen MR) is 179 cm³/mol. The van der Waals surface area contributed by atoms with Crippen molar-refractivity contribution in [3.63, 3.8) is 0 Å². The molecule has 3 heteroatoms. The molecule has 198 valence electrons. The van der Waals surface area contributed by atoms with Crippen molar-refractivity contribution in [1.82, 2.24) is 4.98 Å². The summed E-state index contributed by atoms with van der Waals surface area (Å²) < 4.78 is 15.2. The fourth-order valence-electron chi connectivity index (χ4n) is 6.41. The molecule has 0 aliphatic rings. The number of hydrogen-bond donors (Lipinski definition) is 0. The molecule has 2 nitrogen and oxygen atoms in total. The van der Waals surface area contributed by atoms with Gasteiger partial charge in [-0.15, -0.1) is 0 Å². The molecule has 42 heavy (non-hydrogen) atoms. The van der Waals surface area contributed by atoms with E-state index in [1.54, 1.807) is 0 Å². The Hall–Kier alpha value is -5.04. The Labute approximate surface area is 244 Å². The topological polar surface area (TPSA) is 30.0 Å². The van der Waals surface area contributed by atoms with Crippen LogP contribution in [0.1, 0.15) is 0 Å². The van der Waals surface area contributed by atoms with Crippen molar-refractivity contribution in [1.29, 1.82) is 0 Å². The maximum atomic E-state index is 15.2. The zero-order valence-corrected chi connectivity index (χ0v) is 23.7. The third kappa shape index (κ3) is 3.73. The van der Waals surface area contributed by atoms with E-state index in [9.17, 15) is 0 Å². The summed E-state index contributed by atoms with van der Waals surface area (Å²) in [6.07, 6.45) is 0. The Kier molecular flexibility index (Phi) is 5.77. The number of benzene rings is 7. The highest BCUT2D eigenvalue weighted by atomic mass is 31.2. The fourth-order valence-corrected chi connectivity index (χ4v) is 9.10. The molecule has 0 aliphatic heterocycles. The Balaban J connectivity index is 1.50. The number of nitrogens with zero attached hydrogens (tertiary/aromatic N) is 1. The van der Waals surface area contributed by atoms with Crippen LogP contribution in [0, 0.1) is 0 Å². The monoisotopic (exact) mass is 555 g/mol. The molecule has 0 aliphatic carbocycles. The molecule has 0 amide bonds. The second-order valence-corrected chi connectivity index (χ2v) is 13.4. The van der Waals surface area contributed by atoms with E-state index >= 15 is 4.57 Å². The van der Waals surface area contributed by atoms with Crippen LogP contribution in [-0.4, -0.2) is 4.98 Å². The summed E-state index contributed by atoms with van der Waals surface area (Å²) in [7, 11) is -3.15. The zero-order valence-electron chi connectivity index (χ0n) is 22.8. The van der Waals surface area contributed by atoms with E-state index in [1.807, 2.05) is 78.9 Å². The van der Waals surface area contributed by atoms with Crippen molar-refractivity contribution in [3.8, 4) is 11.3 Å². The minimum absolute atomic E-state index is 0.797. The normalized spacial score (nSPS) is 11.9. The quantitative estimate of drug-likeness (QED) is 0.160. The van der Waals surface area contributed by atoms with Crippen LogP contribution in [0.25, 0.3) is 54.5 Å². The maximum Gasteiger partial charge on any atom is 0.171 e. The lowest BCUT2D eigenvalue weighted by Gasteiger charge is -2.21. The van der Waals surface area contributed by atoms with E-state index in [0.717, 1.165) is 43.5 Å². The Morgan fingerprint density at radius 3 is 1.50 bits per heavy atom. The summed E-state index contributed by atoms with van der Waals surface area (Å²) in [5.74, 6) is 0. The lowest BCUT2D eigenvalue weighted by Crippen LogP contribution is -2.25. The van der Waals surface area contributed by atoms with Gasteiger partial charge in [0.1, 0.15) is 0 Å². The number of aromatic nitrogens is 1. The van der Waals surface area contributed by atoms with E-state index in [2.05, 4.69) is 78.9 Å². The molecule has 0 unspecified atom stereocenters. The van der Waals surface area contributed by atoms with Crippen LogP contribution < -0.4 is 15.9 Å². The molecule has 0 atom stereocenters. The van der Waals surface area contributed by atoms with E-state index in [4.69, 9.17) is 4.98 Å². The summed E-state index contributed by atoms with van der Waals surface area (Å²) in [6, 6.07) is 53.6. The van der Waals surface area contributed by atoms with Crippen molar-refractivity contribution in [2.45, 2.75) is 0 Å². The molecule has 0 fully saturated rings. The average molecular weight is 556 g/mol. The van der Waals surface area contributed by atoms with Gasteiger partial charge in [0.15, 0.2) is 7.14 Å². The largest absolute Gasteiger partial charge is 0.309 e. The molecule has 0 saturated carbocycles. The second kappa shape index (κ2) is 9.80. The summed E-state index contributed by atoms with van der Waals surface area (Å²) in [5, 5.41) is 10.7. The molecule has 0 bridgehead atoms.